The molecule has 6 nitrogen and oxygen atoms in total. The highest BCUT2D eigenvalue weighted by molar-refractivity contribution is 5.93. The van der Waals surface area contributed by atoms with Gasteiger partial charge in [-0.3, -0.25) is 9.59 Å². The third-order valence-electron chi connectivity index (χ3n) is 3.82. The topological polar surface area (TPSA) is 70.7 Å². The molecule has 23 heavy (non-hydrogen) atoms. The molecule has 1 aliphatic rings. The molecule has 2 N–H and O–H groups in total. The van der Waals surface area contributed by atoms with Crippen molar-refractivity contribution >= 4 is 24.2 Å². The molecule has 1 heterocycles. The van der Waals surface area contributed by atoms with Crippen molar-refractivity contribution in [2.75, 3.05) is 27.2 Å². The fraction of sp³-hybridized carbons (Fsp3) is 0.500. The monoisotopic (exact) mass is 341 g/mol. The summed E-state index contributed by atoms with van der Waals surface area (Å²) in [4.78, 5) is 25.6. The number of rotatable bonds is 4. The van der Waals surface area contributed by atoms with Crippen molar-refractivity contribution in [3.8, 4) is 0 Å². The van der Waals surface area contributed by atoms with Crippen LogP contribution in [0.3, 0.4) is 0 Å². The second-order valence-corrected chi connectivity index (χ2v) is 5.48. The zero-order valence-corrected chi connectivity index (χ0v) is 14.5. The van der Waals surface area contributed by atoms with Gasteiger partial charge in [-0.15, -0.1) is 12.4 Å². The summed E-state index contributed by atoms with van der Waals surface area (Å²) in [5, 5.41) is 5.78. The Morgan fingerprint density at radius 3 is 2.57 bits per heavy atom. The zero-order chi connectivity index (χ0) is 16.1. The smallest absolute Gasteiger partial charge is 0.251 e. The maximum Gasteiger partial charge on any atom is 0.251 e. The molecule has 0 bridgehead atoms. The number of nitrogens with one attached hydrogen (secondary N) is 2. The van der Waals surface area contributed by atoms with E-state index in [1.807, 2.05) is 19.1 Å². The van der Waals surface area contributed by atoms with Crippen LogP contribution in [0.15, 0.2) is 24.3 Å². The molecule has 0 radical (unpaired) electrons. The number of carbonyl (C=O) groups excluding carboxylic acids is 2. The second-order valence-electron chi connectivity index (χ2n) is 5.48. The van der Waals surface area contributed by atoms with E-state index in [9.17, 15) is 9.59 Å². The molecule has 1 aromatic carbocycles. The lowest BCUT2D eigenvalue weighted by Crippen LogP contribution is -2.55. The maximum absolute atomic E-state index is 12.5. The molecule has 0 saturated carbocycles. The molecule has 2 rings (SSSR count). The average molecular weight is 342 g/mol. The number of morpholine rings is 1. The van der Waals surface area contributed by atoms with Crippen LogP contribution in [0.25, 0.3) is 0 Å². The molecule has 2 atom stereocenters. The summed E-state index contributed by atoms with van der Waals surface area (Å²) in [7, 11) is 3.38. The largest absolute Gasteiger partial charge is 0.375 e. The number of carbonyl (C=O) groups is 2. The maximum atomic E-state index is 12.5. The Balaban J connectivity index is 0.00000264. The van der Waals surface area contributed by atoms with Gasteiger partial charge in [0.25, 0.3) is 5.91 Å². The van der Waals surface area contributed by atoms with E-state index in [-0.39, 0.29) is 36.4 Å². The van der Waals surface area contributed by atoms with E-state index in [2.05, 4.69) is 10.6 Å². The van der Waals surface area contributed by atoms with Crippen molar-refractivity contribution < 1.29 is 14.3 Å². The van der Waals surface area contributed by atoms with Gasteiger partial charge in [0, 0.05) is 32.7 Å². The highest BCUT2D eigenvalue weighted by Gasteiger charge is 2.30. The Labute approximate surface area is 143 Å². The number of nitrogens with zero attached hydrogens (tertiary/aromatic N) is 1. The Morgan fingerprint density at radius 1 is 1.35 bits per heavy atom. The van der Waals surface area contributed by atoms with E-state index in [0.717, 1.165) is 5.56 Å². The molecule has 1 fully saturated rings. The molecular weight excluding hydrogens is 318 g/mol. The van der Waals surface area contributed by atoms with Crippen molar-refractivity contribution in [3.05, 3.63) is 35.4 Å². The summed E-state index contributed by atoms with van der Waals surface area (Å²) in [5.41, 5.74) is 1.59. The van der Waals surface area contributed by atoms with Gasteiger partial charge in [0.1, 0.15) is 6.04 Å². The van der Waals surface area contributed by atoms with Crippen molar-refractivity contribution in [3.63, 3.8) is 0 Å². The van der Waals surface area contributed by atoms with Crippen molar-refractivity contribution in [2.45, 2.75) is 25.6 Å². The van der Waals surface area contributed by atoms with E-state index in [1.54, 1.807) is 31.1 Å². The number of ether oxygens (including phenoxy) is 1. The van der Waals surface area contributed by atoms with Crippen LogP contribution < -0.4 is 10.6 Å². The Bertz CT molecular complexity index is 536. The summed E-state index contributed by atoms with van der Waals surface area (Å²) in [6.45, 7) is 3.73. The Morgan fingerprint density at radius 2 is 2.00 bits per heavy atom. The van der Waals surface area contributed by atoms with Crippen molar-refractivity contribution in [1.29, 1.82) is 0 Å². The Kier molecular flexibility index (Phi) is 7.48. The fourth-order valence-electron chi connectivity index (χ4n) is 2.50. The van der Waals surface area contributed by atoms with Gasteiger partial charge >= 0.3 is 0 Å². The second kappa shape index (κ2) is 8.86. The number of likely N-dealkylation sites (N-methyl/N-ethyl adjacent to an activating group) is 1. The third-order valence-corrected chi connectivity index (χ3v) is 3.82. The van der Waals surface area contributed by atoms with E-state index < -0.39 is 0 Å². The predicted octanol–water partition coefficient (Wildman–Crippen LogP) is 0.803. The first kappa shape index (κ1) is 19.4. The standard InChI is InChI=1S/C16H23N3O3.ClH/c1-11-14(18-8-9-22-11)16(21)19(3)10-12-4-6-13(7-5-12)15(20)17-2;/h4-7,11,14,18H,8-10H2,1-3H3,(H,17,20);1H/t11-,14+;/m1./s1. The van der Waals surface area contributed by atoms with Crippen LogP contribution in [0.4, 0.5) is 0 Å². The van der Waals surface area contributed by atoms with E-state index in [4.69, 9.17) is 4.74 Å². The first-order valence-corrected chi connectivity index (χ1v) is 7.44. The highest BCUT2D eigenvalue weighted by Crippen LogP contribution is 2.11. The van der Waals surface area contributed by atoms with E-state index >= 15 is 0 Å². The van der Waals surface area contributed by atoms with Crippen LogP contribution in [0, 0.1) is 0 Å². The number of hydrogen-bond donors (Lipinski definition) is 2. The van der Waals surface area contributed by atoms with Gasteiger partial charge in [-0.1, -0.05) is 12.1 Å². The normalized spacial score (nSPS) is 20.3. The quantitative estimate of drug-likeness (QED) is 0.850. The number of benzene rings is 1. The van der Waals surface area contributed by atoms with Gasteiger partial charge < -0.3 is 20.3 Å². The summed E-state index contributed by atoms with van der Waals surface area (Å²) < 4.78 is 5.51. The van der Waals surface area contributed by atoms with Crippen molar-refractivity contribution in [2.24, 2.45) is 0 Å². The van der Waals surface area contributed by atoms with Crippen LogP contribution in [0.5, 0.6) is 0 Å². The zero-order valence-electron chi connectivity index (χ0n) is 13.7. The lowest BCUT2D eigenvalue weighted by molar-refractivity contribution is -0.138. The molecule has 1 aromatic rings. The fourth-order valence-corrected chi connectivity index (χ4v) is 2.50. The molecule has 0 aromatic heterocycles. The number of amides is 2. The molecule has 0 aliphatic carbocycles. The first-order valence-electron chi connectivity index (χ1n) is 7.44. The van der Waals surface area contributed by atoms with Crippen LogP contribution in [0.2, 0.25) is 0 Å². The number of halogens is 1. The molecule has 128 valence electrons. The highest BCUT2D eigenvalue weighted by atomic mass is 35.5. The molecule has 0 spiro atoms. The molecule has 1 saturated heterocycles. The summed E-state index contributed by atoms with van der Waals surface area (Å²) in [6, 6.07) is 6.95. The lowest BCUT2D eigenvalue weighted by atomic mass is 10.1. The first-order chi connectivity index (χ1) is 10.5. The van der Waals surface area contributed by atoms with Gasteiger partial charge in [-0.05, 0) is 24.6 Å². The minimum atomic E-state index is -0.302. The van der Waals surface area contributed by atoms with Gasteiger partial charge in [-0.25, -0.2) is 0 Å². The Hall–Kier alpha value is -1.63. The van der Waals surface area contributed by atoms with Gasteiger partial charge in [0.05, 0.1) is 12.7 Å². The SMILES string of the molecule is CNC(=O)c1ccc(CN(C)C(=O)[C@H]2NCCO[C@@H]2C)cc1.Cl. The van der Waals surface area contributed by atoms with Crippen LogP contribution in [-0.4, -0.2) is 56.1 Å². The van der Waals surface area contributed by atoms with E-state index in [1.165, 1.54) is 0 Å². The molecule has 2 amide bonds. The number of hydrogen-bond acceptors (Lipinski definition) is 4. The molecule has 7 heteroatoms. The minimum absolute atomic E-state index is 0. The van der Waals surface area contributed by atoms with Gasteiger partial charge in [0.15, 0.2) is 0 Å². The van der Waals surface area contributed by atoms with E-state index in [0.29, 0.717) is 25.3 Å². The van der Waals surface area contributed by atoms with Crippen molar-refractivity contribution in [1.82, 2.24) is 15.5 Å². The summed E-state index contributed by atoms with van der Waals surface area (Å²) in [5.74, 6) is -0.101. The minimum Gasteiger partial charge on any atom is -0.375 e. The predicted molar refractivity (Wildman–Crippen MR) is 90.8 cm³/mol. The van der Waals surface area contributed by atoms with Crippen LogP contribution >= 0.6 is 12.4 Å². The van der Waals surface area contributed by atoms with Gasteiger partial charge in [-0.2, -0.15) is 0 Å². The van der Waals surface area contributed by atoms with Gasteiger partial charge in [0.2, 0.25) is 5.91 Å². The molecule has 1 aliphatic heterocycles. The van der Waals surface area contributed by atoms with Crippen LogP contribution in [-0.2, 0) is 16.1 Å². The van der Waals surface area contributed by atoms with Crippen LogP contribution in [0.1, 0.15) is 22.8 Å². The average Bonchev–Trinajstić information content (AvgIpc) is 2.54. The summed E-state index contributed by atoms with van der Waals surface area (Å²) >= 11 is 0. The molecule has 0 unspecified atom stereocenters. The molecular formula is C16H24ClN3O3. The lowest BCUT2D eigenvalue weighted by Gasteiger charge is -2.32. The third kappa shape index (κ3) is 4.92. The summed E-state index contributed by atoms with van der Waals surface area (Å²) in [6.07, 6.45) is -0.126.